The van der Waals surface area contributed by atoms with Crippen LogP contribution in [-0.2, 0) is 20.7 Å². The van der Waals surface area contributed by atoms with Crippen molar-refractivity contribution in [2.45, 2.75) is 25.3 Å². The molecule has 1 aliphatic heterocycles. The van der Waals surface area contributed by atoms with Crippen molar-refractivity contribution in [3.05, 3.63) is 60.2 Å². The van der Waals surface area contributed by atoms with Crippen LogP contribution in [0.4, 0.5) is 0 Å². The summed E-state index contributed by atoms with van der Waals surface area (Å²) in [5.74, 6) is -0.654. The number of amides is 2. The molecule has 1 heterocycles. The Balaban J connectivity index is 1.22. The van der Waals surface area contributed by atoms with Gasteiger partial charge in [0.2, 0.25) is 5.91 Å². The van der Waals surface area contributed by atoms with E-state index in [0.717, 1.165) is 6.42 Å². The molecule has 1 aliphatic rings. The van der Waals surface area contributed by atoms with Crippen molar-refractivity contribution in [2.24, 2.45) is 0 Å². The van der Waals surface area contributed by atoms with E-state index >= 15 is 0 Å². The number of carbonyl (C=O) groups is 2. The minimum Gasteiger partial charge on any atom is -0.394 e. The van der Waals surface area contributed by atoms with Crippen LogP contribution in [0.3, 0.4) is 0 Å². The number of ether oxygens (including phenoxy) is 1. The predicted octanol–water partition coefficient (Wildman–Crippen LogP) is 2.75. The fourth-order valence-electron chi connectivity index (χ4n) is 4.82. The number of aliphatic hydroxyl groups excluding tert-OH is 1. The highest BCUT2D eigenvalue weighted by atomic mass is 16.5. The second-order valence-corrected chi connectivity index (χ2v) is 8.81. The molecule has 3 N–H and O–H groups in total. The number of hydrogen-bond donors (Lipinski definition) is 3. The van der Waals surface area contributed by atoms with Gasteiger partial charge >= 0.3 is 0 Å². The van der Waals surface area contributed by atoms with Crippen LogP contribution < -0.4 is 10.7 Å². The van der Waals surface area contributed by atoms with E-state index in [-0.39, 0.29) is 12.3 Å². The van der Waals surface area contributed by atoms with Crippen LogP contribution in [0.15, 0.2) is 54.6 Å². The van der Waals surface area contributed by atoms with E-state index in [1.165, 1.54) is 37.9 Å². The maximum atomic E-state index is 12.5. The van der Waals surface area contributed by atoms with Crippen molar-refractivity contribution in [3.63, 3.8) is 0 Å². The van der Waals surface area contributed by atoms with Gasteiger partial charge in [0.05, 0.1) is 19.8 Å². The summed E-state index contributed by atoms with van der Waals surface area (Å²) in [6.45, 7) is 1.80. The van der Waals surface area contributed by atoms with Gasteiger partial charge in [0, 0.05) is 19.5 Å². The van der Waals surface area contributed by atoms with Gasteiger partial charge in [-0.15, -0.1) is 0 Å². The largest absolute Gasteiger partial charge is 0.394 e. The second-order valence-electron chi connectivity index (χ2n) is 8.81. The number of benzene rings is 4. The first-order valence-corrected chi connectivity index (χ1v) is 11.8. The van der Waals surface area contributed by atoms with Gasteiger partial charge in [0.15, 0.2) is 0 Å². The molecule has 4 aromatic carbocycles. The molecule has 0 aliphatic carbocycles. The lowest BCUT2D eigenvalue weighted by Gasteiger charge is -2.28. The zero-order valence-corrected chi connectivity index (χ0v) is 19.0. The average Bonchev–Trinajstić information content (AvgIpc) is 2.87. The number of nitrogens with one attached hydrogen (secondary N) is 2. The zero-order valence-electron chi connectivity index (χ0n) is 19.0. The molecule has 34 heavy (non-hydrogen) atoms. The summed E-state index contributed by atoms with van der Waals surface area (Å²) in [4.78, 5) is 24.9. The Hall–Kier alpha value is -3.26. The number of hydrazine groups is 1. The Morgan fingerprint density at radius 2 is 1.62 bits per heavy atom. The summed E-state index contributed by atoms with van der Waals surface area (Å²) in [7, 11) is 0. The van der Waals surface area contributed by atoms with Crippen LogP contribution >= 0.6 is 0 Å². The van der Waals surface area contributed by atoms with Gasteiger partial charge < -0.3 is 15.2 Å². The van der Waals surface area contributed by atoms with Crippen LogP contribution in [0, 0.1) is 0 Å². The van der Waals surface area contributed by atoms with Crippen LogP contribution in [0.5, 0.6) is 0 Å². The molecule has 0 radical (unpaired) electrons. The van der Waals surface area contributed by atoms with E-state index in [0.29, 0.717) is 32.7 Å². The standard InChI is InChI=1S/C27H29N3O4/c31-17-23(27(33)29-30-13-15-34-16-14-30)28-24(32)6-2-3-18-7-8-21-10-9-19-4-1-5-20-11-12-22(18)26(21)25(19)20/h1,4-5,7-12,23,31H,2-3,6,13-17H2,(H,28,32)(H,29,33)/t23-/m0/s1. The van der Waals surface area contributed by atoms with Crippen molar-refractivity contribution in [1.82, 2.24) is 15.8 Å². The highest BCUT2D eigenvalue weighted by Gasteiger charge is 2.22. The molecule has 0 bridgehead atoms. The highest BCUT2D eigenvalue weighted by Crippen LogP contribution is 2.36. The molecule has 1 saturated heterocycles. The van der Waals surface area contributed by atoms with Crippen LogP contribution in [0.1, 0.15) is 18.4 Å². The van der Waals surface area contributed by atoms with Crippen LogP contribution in [0.2, 0.25) is 0 Å². The summed E-state index contributed by atoms with van der Waals surface area (Å²) in [5.41, 5.74) is 3.95. The molecule has 0 unspecified atom stereocenters. The molecule has 0 spiro atoms. The number of morpholine rings is 1. The summed E-state index contributed by atoms with van der Waals surface area (Å²) < 4.78 is 5.26. The third kappa shape index (κ3) is 4.55. The normalized spacial score (nSPS) is 15.7. The monoisotopic (exact) mass is 459 g/mol. The summed E-state index contributed by atoms with van der Waals surface area (Å²) in [6.07, 6.45) is 1.69. The minimum atomic E-state index is -0.968. The predicted molar refractivity (Wildman–Crippen MR) is 133 cm³/mol. The molecule has 5 rings (SSSR count). The van der Waals surface area contributed by atoms with Gasteiger partial charge in [0.25, 0.3) is 5.91 Å². The van der Waals surface area contributed by atoms with E-state index in [1.807, 2.05) is 0 Å². The fourth-order valence-corrected chi connectivity index (χ4v) is 4.82. The first kappa shape index (κ1) is 22.5. The maximum Gasteiger partial charge on any atom is 0.259 e. The van der Waals surface area contributed by atoms with Gasteiger partial charge in [-0.25, -0.2) is 5.01 Å². The first-order valence-electron chi connectivity index (χ1n) is 11.8. The summed E-state index contributed by atoms with van der Waals surface area (Å²) in [5, 5.41) is 21.5. The number of nitrogens with zero attached hydrogens (tertiary/aromatic N) is 1. The third-order valence-electron chi connectivity index (χ3n) is 6.58. The molecule has 0 aromatic heterocycles. The molecule has 1 fully saturated rings. The Bertz CT molecular complexity index is 1300. The van der Waals surface area contributed by atoms with E-state index in [2.05, 4.69) is 65.3 Å². The Morgan fingerprint density at radius 1 is 0.941 bits per heavy atom. The lowest BCUT2D eigenvalue weighted by Crippen LogP contribution is -2.56. The third-order valence-corrected chi connectivity index (χ3v) is 6.58. The lowest BCUT2D eigenvalue weighted by molar-refractivity contribution is -0.134. The number of aryl methyl sites for hydroxylation is 1. The van der Waals surface area contributed by atoms with Crippen LogP contribution in [-0.4, -0.2) is 60.9 Å². The van der Waals surface area contributed by atoms with Crippen molar-refractivity contribution >= 4 is 44.1 Å². The van der Waals surface area contributed by atoms with Gasteiger partial charge in [-0.05, 0) is 50.7 Å². The number of aliphatic hydroxyl groups is 1. The molecular formula is C27H29N3O4. The SMILES string of the molecule is O=C(CCCc1ccc2ccc3cccc4ccc1c2c34)N[C@@H](CO)C(=O)NN1CCOCC1. The van der Waals surface area contributed by atoms with Gasteiger partial charge in [-0.2, -0.15) is 0 Å². The second kappa shape index (κ2) is 9.93. The Labute approximate surface area is 198 Å². The Morgan fingerprint density at radius 3 is 2.35 bits per heavy atom. The molecule has 7 heteroatoms. The number of hydrogen-bond acceptors (Lipinski definition) is 5. The molecule has 7 nitrogen and oxygen atoms in total. The topological polar surface area (TPSA) is 90.9 Å². The zero-order chi connectivity index (χ0) is 23.5. The van der Waals surface area contributed by atoms with Crippen molar-refractivity contribution in [1.29, 1.82) is 0 Å². The van der Waals surface area contributed by atoms with Gasteiger partial charge in [-0.1, -0.05) is 54.6 Å². The Kier molecular flexibility index (Phi) is 6.58. The molecular weight excluding hydrogens is 430 g/mol. The average molecular weight is 460 g/mol. The van der Waals surface area contributed by atoms with E-state index in [1.54, 1.807) is 5.01 Å². The van der Waals surface area contributed by atoms with Gasteiger partial charge in [0.1, 0.15) is 6.04 Å². The smallest absolute Gasteiger partial charge is 0.259 e. The minimum absolute atomic E-state index is 0.242. The molecule has 1 atom stereocenters. The molecule has 0 saturated carbocycles. The molecule has 2 amide bonds. The van der Waals surface area contributed by atoms with Crippen molar-refractivity contribution in [3.8, 4) is 0 Å². The summed E-state index contributed by atoms with van der Waals surface area (Å²) in [6, 6.07) is 18.4. The number of carbonyl (C=O) groups excluding carboxylic acids is 2. The first-order chi connectivity index (χ1) is 16.6. The molecule has 4 aromatic rings. The lowest BCUT2D eigenvalue weighted by atomic mass is 9.90. The van der Waals surface area contributed by atoms with E-state index < -0.39 is 18.6 Å². The van der Waals surface area contributed by atoms with Crippen molar-refractivity contribution in [2.75, 3.05) is 32.9 Å². The number of rotatable bonds is 8. The fraction of sp³-hybridized carbons (Fsp3) is 0.333. The quantitative estimate of drug-likeness (QED) is 0.353. The maximum absolute atomic E-state index is 12.5. The van der Waals surface area contributed by atoms with E-state index in [4.69, 9.17) is 4.74 Å². The van der Waals surface area contributed by atoms with Crippen LogP contribution in [0.25, 0.3) is 32.3 Å². The molecule has 176 valence electrons. The summed E-state index contributed by atoms with van der Waals surface area (Å²) >= 11 is 0. The van der Waals surface area contributed by atoms with Gasteiger partial charge in [-0.3, -0.25) is 15.0 Å². The van der Waals surface area contributed by atoms with E-state index in [9.17, 15) is 14.7 Å². The van der Waals surface area contributed by atoms with Crippen molar-refractivity contribution < 1.29 is 19.4 Å². The highest BCUT2D eigenvalue weighted by molar-refractivity contribution is 6.23.